The molecule has 0 fully saturated rings. The lowest BCUT2D eigenvalue weighted by Crippen LogP contribution is -2.17. The fraction of sp³-hybridized carbons (Fsp3) is 0.636. The Morgan fingerprint density at radius 3 is 2.93 bits per heavy atom. The Hall–Kier alpha value is -1.16. The van der Waals surface area contributed by atoms with E-state index in [2.05, 4.69) is 10.3 Å². The third kappa shape index (κ3) is 4.25. The van der Waals surface area contributed by atoms with E-state index >= 15 is 0 Å². The normalized spacial score (nSPS) is 10.5. The molecule has 0 unspecified atom stereocenters. The van der Waals surface area contributed by atoms with Crippen LogP contribution >= 0.6 is 0 Å². The number of hydrogen-bond donors (Lipinski definition) is 1. The quantitative estimate of drug-likeness (QED) is 0.679. The van der Waals surface area contributed by atoms with E-state index in [0.29, 0.717) is 18.6 Å². The number of aryl methyl sites for hydroxylation is 2. The van der Waals surface area contributed by atoms with Gasteiger partial charge in [-0.2, -0.15) is 0 Å². The number of rotatable bonds is 7. The molecule has 4 nitrogen and oxygen atoms in total. The van der Waals surface area contributed by atoms with Gasteiger partial charge in [0.2, 0.25) is 0 Å². The first-order chi connectivity index (χ1) is 7.24. The van der Waals surface area contributed by atoms with Crippen LogP contribution in [0.5, 0.6) is 0 Å². The SMILES string of the molecule is CCNCCC(=O)CCc1nccn1C. The Labute approximate surface area is 90.7 Å². The van der Waals surface area contributed by atoms with Crippen LogP contribution < -0.4 is 5.32 Å². The molecule has 1 aromatic rings. The van der Waals surface area contributed by atoms with Gasteiger partial charge in [0, 0.05) is 45.2 Å². The van der Waals surface area contributed by atoms with Gasteiger partial charge < -0.3 is 9.88 Å². The summed E-state index contributed by atoms with van der Waals surface area (Å²) >= 11 is 0. The molecule has 0 amide bonds. The van der Waals surface area contributed by atoms with E-state index in [4.69, 9.17) is 0 Å². The molecule has 1 aromatic heterocycles. The smallest absolute Gasteiger partial charge is 0.134 e. The number of carbonyl (C=O) groups is 1. The van der Waals surface area contributed by atoms with Gasteiger partial charge in [0.15, 0.2) is 0 Å². The molecule has 0 aromatic carbocycles. The fourth-order valence-corrected chi connectivity index (χ4v) is 1.42. The van der Waals surface area contributed by atoms with Crippen molar-refractivity contribution < 1.29 is 4.79 Å². The summed E-state index contributed by atoms with van der Waals surface area (Å²) in [6, 6.07) is 0. The van der Waals surface area contributed by atoms with Crippen LogP contribution in [-0.2, 0) is 18.3 Å². The number of aromatic nitrogens is 2. The Kier molecular flexibility index (Phi) is 5.04. The van der Waals surface area contributed by atoms with Crippen LogP contribution in [0.2, 0.25) is 0 Å². The molecule has 15 heavy (non-hydrogen) atoms. The maximum Gasteiger partial charge on any atom is 0.134 e. The molecule has 0 radical (unpaired) electrons. The Morgan fingerprint density at radius 1 is 1.53 bits per heavy atom. The van der Waals surface area contributed by atoms with Crippen molar-refractivity contribution in [1.82, 2.24) is 14.9 Å². The van der Waals surface area contributed by atoms with Gasteiger partial charge in [0.25, 0.3) is 0 Å². The molecule has 0 spiro atoms. The second-order valence-corrected chi connectivity index (χ2v) is 3.60. The first-order valence-corrected chi connectivity index (χ1v) is 5.42. The molecule has 1 heterocycles. The third-order valence-corrected chi connectivity index (χ3v) is 2.38. The topological polar surface area (TPSA) is 46.9 Å². The van der Waals surface area contributed by atoms with E-state index in [9.17, 15) is 4.79 Å². The van der Waals surface area contributed by atoms with E-state index in [1.165, 1.54) is 0 Å². The second-order valence-electron chi connectivity index (χ2n) is 3.60. The van der Waals surface area contributed by atoms with Crippen molar-refractivity contribution in [2.75, 3.05) is 13.1 Å². The summed E-state index contributed by atoms with van der Waals surface area (Å²) in [6.07, 6.45) is 5.62. The average molecular weight is 209 g/mol. The standard InChI is InChI=1S/C11H19N3O/c1-3-12-7-6-10(15)4-5-11-13-8-9-14(11)2/h8-9,12H,3-7H2,1-2H3. The van der Waals surface area contributed by atoms with E-state index in [1.54, 1.807) is 6.20 Å². The minimum atomic E-state index is 0.305. The molecule has 0 bridgehead atoms. The van der Waals surface area contributed by atoms with Crippen LogP contribution in [0.1, 0.15) is 25.6 Å². The number of hydrogen-bond acceptors (Lipinski definition) is 3. The van der Waals surface area contributed by atoms with Crippen LogP contribution in [0, 0.1) is 0 Å². The lowest BCUT2D eigenvalue weighted by Gasteiger charge is -2.02. The zero-order chi connectivity index (χ0) is 11.1. The summed E-state index contributed by atoms with van der Waals surface area (Å²) in [4.78, 5) is 15.6. The Balaban J connectivity index is 2.20. The summed E-state index contributed by atoms with van der Waals surface area (Å²) in [5.41, 5.74) is 0. The first kappa shape index (κ1) is 11.9. The number of Topliss-reactive ketones (excluding diaryl/α,β-unsaturated/α-hetero) is 1. The second kappa shape index (κ2) is 6.35. The highest BCUT2D eigenvalue weighted by molar-refractivity contribution is 5.78. The molecule has 0 saturated heterocycles. The molecule has 84 valence electrons. The molecule has 0 aliphatic rings. The maximum absolute atomic E-state index is 11.4. The van der Waals surface area contributed by atoms with Gasteiger partial charge in [-0.3, -0.25) is 4.79 Å². The lowest BCUT2D eigenvalue weighted by molar-refractivity contribution is -0.118. The zero-order valence-electron chi connectivity index (χ0n) is 9.49. The van der Waals surface area contributed by atoms with Gasteiger partial charge in [-0.15, -0.1) is 0 Å². The summed E-state index contributed by atoms with van der Waals surface area (Å²) in [5.74, 6) is 1.28. The van der Waals surface area contributed by atoms with E-state index in [1.807, 2.05) is 24.7 Å². The van der Waals surface area contributed by atoms with Gasteiger partial charge in [-0.05, 0) is 6.54 Å². The summed E-state index contributed by atoms with van der Waals surface area (Å²) in [6.45, 7) is 3.75. The van der Waals surface area contributed by atoms with Crippen LogP contribution in [0.4, 0.5) is 0 Å². The van der Waals surface area contributed by atoms with Crippen molar-refractivity contribution in [3.8, 4) is 0 Å². The zero-order valence-corrected chi connectivity index (χ0v) is 9.49. The van der Waals surface area contributed by atoms with Crippen LogP contribution in [0.25, 0.3) is 0 Å². The molecular formula is C11H19N3O. The van der Waals surface area contributed by atoms with Gasteiger partial charge in [0.05, 0.1) is 0 Å². The number of nitrogens with zero attached hydrogens (tertiary/aromatic N) is 2. The molecule has 0 aliphatic carbocycles. The van der Waals surface area contributed by atoms with Gasteiger partial charge >= 0.3 is 0 Å². The molecule has 4 heteroatoms. The van der Waals surface area contributed by atoms with E-state index in [0.717, 1.165) is 25.3 Å². The van der Waals surface area contributed by atoms with Gasteiger partial charge in [-0.25, -0.2) is 4.98 Å². The monoisotopic (exact) mass is 209 g/mol. The minimum Gasteiger partial charge on any atom is -0.338 e. The van der Waals surface area contributed by atoms with E-state index in [-0.39, 0.29) is 0 Å². The largest absolute Gasteiger partial charge is 0.338 e. The van der Waals surface area contributed by atoms with Crippen molar-refractivity contribution >= 4 is 5.78 Å². The van der Waals surface area contributed by atoms with Crippen LogP contribution in [0.3, 0.4) is 0 Å². The van der Waals surface area contributed by atoms with Crippen molar-refractivity contribution in [2.45, 2.75) is 26.2 Å². The van der Waals surface area contributed by atoms with Crippen LogP contribution in [-0.4, -0.2) is 28.4 Å². The maximum atomic E-state index is 11.4. The van der Waals surface area contributed by atoms with Crippen molar-refractivity contribution in [1.29, 1.82) is 0 Å². The highest BCUT2D eigenvalue weighted by atomic mass is 16.1. The molecular weight excluding hydrogens is 190 g/mol. The number of carbonyl (C=O) groups excluding carboxylic acids is 1. The van der Waals surface area contributed by atoms with Crippen LogP contribution in [0.15, 0.2) is 12.4 Å². The average Bonchev–Trinajstić information content (AvgIpc) is 2.61. The van der Waals surface area contributed by atoms with Gasteiger partial charge in [0.1, 0.15) is 11.6 Å². The van der Waals surface area contributed by atoms with Gasteiger partial charge in [-0.1, -0.05) is 6.92 Å². The predicted molar refractivity (Wildman–Crippen MR) is 59.7 cm³/mol. The summed E-state index contributed by atoms with van der Waals surface area (Å²) in [5, 5.41) is 3.14. The van der Waals surface area contributed by atoms with Crippen molar-refractivity contribution in [3.05, 3.63) is 18.2 Å². The molecule has 0 saturated carbocycles. The lowest BCUT2D eigenvalue weighted by atomic mass is 10.1. The fourth-order valence-electron chi connectivity index (χ4n) is 1.42. The van der Waals surface area contributed by atoms with E-state index < -0.39 is 0 Å². The van der Waals surface area contributed by atoms with Crippen molar-refractivity contribution in [3.63, 3.8) is 0 Å². The van der Waals surface area contributed by atoms with Crippen molar-refractivity contribution in [2.24, 2.45) is 7.05 Å². The third-order valence-electron chi connectivity index (χ3n) is 2.38. The molecule has 0 atom stereocenters. The minimum absolute atomic E-state index is 0.305. The predicted octanol–water partition coefficient (Wildman–Crippen LogP) is 0.921. The number of nitrogens with one attached hydrogen (secondary N) is 1. The number of imidazole rings is 1. The summed E-state index contributed by atoms with van der Waals surface area (Å²) < 4.78 is 1.96. The molecule has 1 N–H and O–H groups in total. The Morgan fingerprint density at radius 2 is 2.33 bits per heavy atom. The highest BCUT2D eigenvalue weighted by Crippen LogP contribution is 2.00. The highest BCUT2D eigenvalue weighted by Gasteiger charge is 2.04. The molecule has 1 rings (SSSR count). The first-order valence-electron chi connectivity index (χ1n) is 5.42. The summed E-state index contributed by atoms with van der Waals surface area (Å²) in [7, 11) is 1.95. The number of ketones is 1. The Bertz CT molecular complexity index is 307. The molecule has 0 aliphatic heterocycles.